The summed E-state index contributed by atoms with van der Waals surface area (Å²) in [5, 5.41) is 12.4. The lowest BCUT2D eigenvalue weighted by atomic mass is 9.94. The number of hydrogen-bond donors (Lipinski definition) is 3. The zero-order valence-corrected chi connectivity index (χ0v) is 12.1. The van der Waals surface area contributed by atoms with E-state index >= 15 is 0 Å². The first-order chi connectivity index (χ1) is 9.87. The van der Waals surface area contributed by atoms with Crippen LogP contribution >= 0.6 is 0 Å². The first-order valence-electron chi connectivity index (χ1n) is 7.01. The Morgan fingerprint density at radius 3 is 2.43 bits per heavy atom. The Kier molecular flexibility index (Phi) is 4.47. The van der Waals surface area contributed by atoms with E-state index in [-0.39, 0.29) is 18.4 Å². The third kappa shape index (κ3) is 4.19. The van der Waals surface area contributed by atoms with Crippen LogP contribution in [0.4, 0.5) is 5.69 Å². The van der Waals surface area contributed by atoms with Crippen LogP contribution in [-0.4, -0.2) is 47.1 Å². The molecule has 6 heteroatoms. The van der Waals surface area contributed by atoms with Gasteiger partial charge in [0.1, 0.15) is 0 Å². The fourth-order valence-electron chi connectivity index (χ4n) is 2.24. The number of amides is 2. The summed E-state index contributed by atoms with van der Waals surface area (Å²) < 4.78 is 0. The van der Waals surface area contributed by atoms with Gasteiger partial charge in [-0.1, -0.05) is 0 Å². The summed E-state index contributed by atoms with van der Waals surface area (Å²) in [6.07, 6.45) is 1.12. The molecule has 0 aromatic heterocycles. The number of benzene rings is 1. The van der Waals surface area contributed by atoms with E-state index in [0.717, 1.165) is 0 Å². The van der Waals surface area contributed by atoms with Crippen molar-refractivity contribution in [3.8, 4) is 0 Å². The smallest absolute Gasteiger partial charge is 0.251 e. The number of anilines is 1. The van der Waals surface area contributed by atoms with Crippen molar-refractivity contribution in [2.45, 2.75) is 25.4 Å². The van der Waals surface area contributed by atoms with Crippen LogP contribution in [0, 0.1) is 0 Å². The highest BCUT2D eigenvalue weighted by Crippen LogP contribution is 2.20. The molecule has 1 aliphatic rings. The normalized spacial score (nSPS) is 17.3. The number of hydrogen-bond acceptors (Lipinski definition) is 4. The van der Waals surface area contributed by atoms with Crippen molar-refractivity contribution in [1.29, 1.82) is 0 Å². The van der Waals surface area contributed by atoms with Crippen LogP contribution in [0.25, 0.3) is 0 Å². The highest BCUT2D eigenvalue weighted by Gasteiger charge is 2.29. The summed E-state index contributed by atoms with van der Waals surface area (Å²) in [6, 6.07) is 6.52. The molecule has 0 bridgehead atoms. The lowest BCUT2D eigenvalue weighted by Gasteiger charge is -2.35. The molecule has 1 aliphatic heterocycles. The molecular formula is C15H21N3O3. The van der Waals surface area contributed by atoms with Crippen LogP contribution < -0.4 is 11.1 Å². The van der Waals surface area contributed by atoms with Crippen molar-refractivity contribution >= 4 is 17.5 Å². The van der Waals surface area contributed by atoms with Crippen LogP contribution in [0.5, 0.6) is 0 Å². The van der Waals surface area contributed by atoms with Gasteiger partial charge in [-0.05, 0) is 44.0 Å². The largest absolute Gasteiger partial charge is 0.399 e. The standard InChI is InChI=1S/C15H21N3O3/c1-15(21)6-8-18(9-7-15)13(19)10-17-14(20)11-2-4-12(16)5-3-11/h2-5,21H,6-10,16H2,1H3,(H,17,20). The van der Waals surface area contributed by atoms with E-state index < -0.39 is 5.60 Å². The SMILES string of the molecule is CC1(O)CCN(C(=O)CNC(=O)c2ccc(N)cc2)CC1. The van der Waals surface area contributed by atoms with Gasteiger partial charge in [-0.3, -0.25) is 9.59 Å². The summed E-state index contributed by atoms with van der Waals surface area (Å²) >= 11 is 0. The minimum absolute atomic E-state index is 0.0364. The lowest BCUT2D eigenvalue weighted by molar-refractivity contribution is -0.133. The molecule has 4 N–H and O–H groups in total. The number of nitrogen functional groups attached to an aromatic ring is 1. The first kappa shape index (κ1) is 15.3. The zero-order valence-electron chi connectivity index (χ0n) is 12.1. The molecule has 0 unspecified atom stereocenters. The molecule has 1 aromatic carbocycles. The van der Waals surface area contributed by atoms with Gasteiger partial charge in [0.15, 0.2) is 0 Å². The molecule has 0 saturated carbocycles. The van der Waals surface area contributed by atoms with Gasteiger partial charge < -0.3 is 21.1 Å². The summed E-state index contributed by atoms with van der Waals surface area (Å²) in [4.78, 5) is 25.6. The van der Waals surface area contributed by atoms with E-state index in [9.17, 15) is 14.7 Å². The number of carbonyl (C=O) groups excluding carboxylic acids is 2. The molecule has 1 aromatic rings. The predicted molar refractivity (Wildman–Crippen MR) is 79.6 cm³/mol. The van der Waals surface area contributed by atoms with Gasteiger partial charge in [0.05, 0.1) is 12.1 Å². The van der Waals surface area contributed by atoms with E-state index in [4.69, 9.17) is 5.73 Å². The molecular weight excluding hydrogens is 270 g/mol. The van der Waals surface area contributed by atoms with Gasteiger partial charge in [0, 0.05) is 24.3 Å². The maximum absolute atomic E-state index is 12.0. The molecule has 1 fully saturated rings. The van der Waals surface area contributed by atoms with Crippen molar-refractivity contribution in [2.75, 3.05) is 25.4 Å². The minimum atomic E-state index is -0.690. The van der Waals surface area contributed by atoms with Gasteiger partial charge in [-0.15, -0.1) is 0 Å². The van der Waals surface area contributed by atoms with Gasteiger partial charge in [0.25, 0.3) is 5.91 Å². The molecule has 0 spiro atoms. The van der Waals surface area contributed by atoms with Crippen molar-refractivity contribution in [3.63, 3.8) is 0 Å². The van der Waals surface area contributed by atoms with E-state index in [2.05, 4.69) is 5.32 Å². The maximum atomic E-state index is 12.0. The number of carbonyl (C=O) groups is 2. The van der Waals surface area contributed by atoms with Crippen molar-refractivity contribution in [3.05, 3.63) is 29.8 Å². The second-order valence-corrected chi connectivity index (χ2v) is 5.68. The molecule has 1 heterocycles. The van der Waals surface area contributed by atoms with Crippen LogP contribution in [0.2, 0.25) is 0 Å². The van der Waals surface area contributed by atoms with Crippen LogP contribution in [-0.2, 0) is 4.79 Å². The topological polar surface area (TPSA) is 95.7 Å². The average molecular weight is 291 g/mol. The quantitative estimate of drug-likeness (QED) is 0.701. The van der Waals surface area contributed by atoms with Crippen LogP contribution in [0.15, 0.2) is 24.3 Å². The molecule has 21 heavy (non-hydrogen) atoms. The highest BCUT2D eigenvalue weighted by molar-refractivity contribution is 5.96. The number of nitrogens with one attached hydrogen (secondary N) is 1. The summed E-state index contributed by atoms with van der Waals surface area (Å²) in [6.45, 7) is 2.77. The van der Waals surface area contributed by atoms with Gasteiger partial charge in [-0.2, -0.15) is 0 Å². The lowest BCUT2D eigenvalue weighted by Crippen LogP contribution is -2.48. The Bertz CT molecular complexity index is 515. The third-order valence-electron chi connectivity index (χ3n) is 3.77. The van der Waals surface area contributed by atoms with Crippen molar-refractivity contribution < 1.29 is 14.7 Å². The Morgan fingerprint density at radius 1 is 1.29 bits per heavy atom. The molecule has 2 rings (SSSR count). The number of piperidine rings is 1. The van der Waals surface area contributed by atoms with Crippen LogP contribution in [0.1, 0.15) is 30.1 Å². The Labute approximate surface area is 123 Å². The van der Waals surface area contributed by atoms with Gasteiger partial charge in [-0.25, -0.2) is 0 Å². The average Bonchev–Trinajstić information content (AvgIpc) is 2.45. The van der Waals surface area contributed by atoms with E-state index in [1.54, 1.807) is 36.1 Å². The fraction of sp³-hybridized carbons (Fsp3) is 0.467. The summed E-state index contributed by atoms with van der Waals surface area (Å²) in [5.41, 5.74) is 5.92. The van der Waals surface area contributed by atoms with Gasteiger partial charge >= 0.3 is 0 Å². The van der Waals surface area contributed by atoms with Crippen molar-refractivity contribution in [1.82, 2.24) is 10.2 Å². The number of nitrogens with zero attached hydrogens (tertiary/aromatic N) is 1. The fourth-order valence-corrected chi connectivity index (χ4v) is 2.24. The Morgan fingerprint density at radius 2 is 1.86 bits per heavy atom. The third-order valence-corrected chi connectivity index (χ3v) is 3.77. The second-order valence-electron chi connectivity index (χ2n) is 5.68. The number of likely N-dealkylation sites (tertiary alicyclic amines) is 1. The molecule has 1 saturated heterocycles. The second kappa shape index (κ2) is 6.13. The number of rotatable bonds is 3. The molecule has 114 valence electrons. The Hall–Kier alpha value is -2.08. The predicted octanol–water partition coefficient (Wildman–Crippen LogP) is 0.372. The number of aliphatic hydroxyl groups is 1. The van der Waals surface area contributed by atoms with E-state index in [1.807, 2.05) is 0 Å². The zero-order chi connectivity index (χ0) is 15.5. The summed E-state index contributed by atoms with van der Waals surface area (Å²) in [7, 11) is 0. The van der Waals surface area contributed by atoms with Crippen LogP contribution in [0.3, 0.4) is 0 Å². The first-order valence-corrected chi connectivity index (χ1v) is 7.01. The molecule has 0 radical (unpaired) electrons. The van der Waals surface area contributed by atoms with E-state index in [0.29, 0.717) is 37.2 Å². The minimum Gasteiger partial charge on any atom is -0.399 e. The number of nitrogens with two attached hydrogens (primary N) is 1. The summed E-state index contributed by atoms with van der Waals surface area (Å²) in [5.74, 6) is -0.429. The molecule has 2 amide bonds. The van der Waals surface area contributed by atoms with Gasteiger partial charge in [0.2, 0.25) is 5.91 Å². The van der Waals surface area contributed by atoms with E-state index in [1.165, 1.54) is 0 Å². The highest BCUT2D eigenvalue weighted by atomic mass is 16.3. The maximum Gasteiger partial charge on any atom is 0.251 e. The van der Waals surface area contributed by atoms with Crippen molar-refractivity contribution in [2.24, 2.45) is 0 Å². The molecule has 0 atom stereocenters. The molecule has 6 nitrogen and oxygen atoms in total. The monoisotopic (exact) mass is 291 g/mol. The Balaban J connectivity index is 1.81. The molecule has 0 aliphatic carbocycles.